The second kappa shape index (κ2) is 7.07. The Morgan fingerprint density at radius 1 is 1.50 bits per heavy atom. The van der Waals surface area contributed by atoms with Crippen LogP contribution in [0.3, 0.4) is 0 Å². The maximum atomic E-state index is 5.50. The molecule has 4 heteroatoms. The Morgan fingerprint density at radius 3 is 2.90 bits per heavy atom. The smallest absolute Gasteiger partial charge is 0.123 e. The van der Waals surface area contributed by atoms with Crippen molar-refractivity contribution in [2.24, 2.45) is 0 Å². The van der Waals surface area contributed by atoms with Gasteiger partial charge in [0.15, 0.2) is 0 Å². The van der Waals surface area contributed by atoms with Gasteiger partial charge in [-0.2, -0.15) is 0 Å². The molecule has 0 saturated carbocycles. The van der Waals surface area contributed by atoms with Crippen LogP contribution in [0.4, 0.5) is 0 Å². The fourth-order valence-corrected chi connectivity index (χ4v) is 2.63. The molecule has 20 heavy (non-hydrogen) atoms. The van der Waals surface area contributed by atoms with E-state index in [-0.39, 0.29) is 0 Å². The summed E-state index contributed by atoms with van der Waals surface area (Å²) in [4.78, 5) is 2.36. The molecule has 0 aromatic heterocycles. The van der Waals surface area contributed by atoms with E-state index in [0.29, 0.717) is 12.1 Å². The first kappa shape index (κ1) is 15.3. The lowest BCUT2D eigenvalue weighted by atomic mass is 10.0. The molecule has 1 aromatic rings. The standard InChI is InChI=1S/C16H26N2O2/c1-12(17-2)13-5-6-16(19-4)14(9-13)10-18(3)15-7-8-20-11-15/h5-6,9,12,15,17H,7-8,10-11H2,1-4H3. The van der Waals surface area contributed by atoms with E-state index >= 15 is 0 Å². The van der Waals surface area contributed by atoms with Crippen LogP contribution in [0.25, 0.3) is 0 Å². The maximum absolute atomic E-state index is 5.50. The number of rotatable bonds is 6. The third kappa shape index (κ3) is 3.51. The number of benzene rings is 1. The van der Waals surface area contributed by atoms with Gasteiger partial charge in [-0.1, -0.05) is 6.07 Å². The summed E-state index contributed by atoms with van der Waals surface area (Å²) in [6.45, 7) is 4.77. The van der Waals surface area contributed by atoms with Crippen LogP contribution in [0.15, 0.2) is 18.2 Å². The van der Waals surface area contributed by atoms with Crippen LogP contribution >= 0.6 is 0 Å². The highest BCUT2D eigenvalue weighted by molar-refractivity contribution is 5.38. The maximum Gasteiger partial charge on any atom is 0.123 e. The molecule has 2 unspecified atom stereocenters. The van der Waals surface area contributed by atoms with Crippen molar-refractivity contribution in [2.45, 2.75) is 32.0 Å². The number of likely N-dealkylation sites (N-methyl/N-ethyl adjacent to an activating group) is 1. The normalized spacial score (nSPS) is 20.4. The van der Waals surface area contributed by atoms with E-state index in [1.54, 1.807) is 7.11 Å². The molecule has 1 saturated heterocycles. The van der Waals surface area contributed by atoms with Crippen LogP contribution in [0.5, 0.6) is 5.75 Å². The number of nitrogens with zero attached hydrogens (tertiary/aromatic N) is 1. The predicted molar refractivity (Wildman–Crippen MR) is 81.2 cm³/mol. The predicted octanol–water partition coefficient (Wildman–Crippen LogP) is 2.20. The van der Waals surface area contributed by atoms with Crippen molar-refractivity contribution in [1.29, 1.82) is 0 Å². The zero-order valence-electron chi connectivity index (χ0n) is 13.0. The molecule has 0 bridgehead atoms. The Morgan fingerprint density at radius 2 is 2.30 bits per heavy atom. The summed E-state index contributed by atoms with van der Waals surface area (Å²) in [6.07, 6.45) is 1.12. The summed E-state index contributed by atoms with van der Waals surface area (Å²) in [6, 6.07) is 7.30. The molecule has 2 rings (SSSR count). The van der Waals surface area contributed by atoms with Gasteiger partial charge in [-0.15, -0.1) is 0 Å². The van der Waals surface area contributed by atoms with Gasteiger partial charge in [0.25, 0.3) is 0 Å². The Labute approximate surface area is 122 Å². The van der Waals surface area contributed by atoms with Gasteiger partial charge in [0, 0.05) is 30.8 Å². The molecule has 1 aliphatic heterocycles. The second-order valence-electron chi connectivity index (χ2n) is 5.51. The Bertz CT molecular complexity index is 430. The largest absolute Gasteiger partial charge is 0.496 e. The summed E-state index contributed by atoms with van der Waals surface area (Å²) >= 11 is 0. The van der Waals surface area contributed by atoms with Crippen molar-refractivity contribution in [3.05, 3.63) is 29.3 Å². The van der Waals surface area contributed by atoms with E-state index in [1.165, 1.54) is 11.1 Å². The fraction of sp³-hybridized carbons (Fsp3) is 0.625. The summed E-state index contributed by atoms with van der Waals surface area (Å²) in [5.41, 5.74) is 2.53. The summed E-state index contributed by atoms with van der Waals surface area (Å²) in [7, 11) is 5.88. The molecule has 1 heterocycles. The number of hydrogen-bond donors (Lipinski definition) is 1. The first-order chi connectivity index (χ1) is 9.65. The van der Waals surface area contributed by atoms with Crippen molar-refractivity contribution >= 4 is 0 Å². The minimum absolute atomic E-state index is 0.347. The van der Waals surface area contributed by atoms with E-state index in [2.05, 4.69) is 42.4 Å². The van der Waals surface area contributed by atoms with E-state index in [9.17, 15) is 0 Å². The third-order valence-electron chi connectivity index (χ3n) is 4.19. The SMILES string of the molecule is CNC(C)c1ccc(OC)c(CN(C)C2CCOC2)c1. The Kier molecular flexibility index (Phi) is 5.40. The average Bonchev–Trinajstić information content (AvgIpc) is 3.00. The van der Waals surface area contributed by atoms with Crippen molar-refractivity contribution in [2.75, 3.05) is 34.4 Å². The lowest BCUT2D eigenvalue weighted by molar-refractivity contribution is 0.156. The monoisotopic (exact) mass is 278 g/mol. The van der Waals surface area contributed by atoms with Crippen LogP contribution in [0, 0.1) is 0 Å². The highest BCUT2D eigenvalue weighted by Crippen LogP contribution is 2.25. The molecule has 1 aliphatic rings. The van der Waals surface area contributed by atoms with Crippen LogP contribution in [0.2, 0.25) is 0 Å². The summed E-state index contributed by atoms with van der Waals surface area (Å²) in [5, 5.41) is 3.28. The topological polar surface area (TPSA) is 33.7 Å². The average molecular weight is 278 g/mol. The lowest BCUT2D eigenvalue weighted by Gasteiger charge is -2.24. The molecule has 0 amide bonds. The van der Waals surface area contributed by atoms with Crippen molar-refractivity contribution in [3.63, 3.8) is 0 Å². The van der Waals surface area contributed by atoms with E-state index in [1.807, 2.05) is 7.05 Å². The van der Waals surface area contributed by atoms with Gasteiger partial charge in [0.05, 0.1) is 13.7 Å². The van der Waals surface area contributed by atoms with Gasteiger partial charge in [0.1, 0.15) is 5.75 Å². The number of hydrogen-bond acceptors (Lipinski definition) is 4. The third-order valence-corrected chi connectivity index (χ3v) is 4.19. The number of ether oxygens (including phenoxy) is 2. The molecule has 0 spiro atoms. The van der Waals surface area contributed by atoms with Crippen molar-refractivity contribution in [1.82, 2.24) is 10.2 Å². The second-order valence-corrected chi connectivity index (χ2v) is 5.51. The first-order valence-electron chi connectivity index (χ1n) is 7.27. The van der Waals surface area contributed by atoms with Gasteiger partial charge in [-0.05, 0) is 45.1 Å². The highest BCUT2D eigenvalue weighted by atomic mass is 16.5. The van der Waals surface area contributed by atoms with Crippen LogP contribution in [-0.4, -0.2) is 45.4 Å². The minimum Gasteiger partial charge on any atom is -0.496 e. The van der Waals surface area contributed by atoms with E-state index < -0.39 is 0 Å². The molecule has 0 radical (unpaired) electrons. The minimum atomic E-state index is 0.347. The molecular weight excluding hydrogens is 252 g/mol. The van der Waals surface area contributed by atoms with Crippen LogP contribution in [0.1, 0.15) is 30.5 Å². The lowest BCUT2D eigenvalue weighted by Crippen LogP contribution is -2.31. The van der Waals surface area contributed by atoms with E-state index in [0.717, 1.165) is 31.9 Å². The van der Waals surface area contributed by atoms with Crippen molar-refractivity contribution < 1.29 is 9.47 Å². The molecule has 112 valence electrons. The van der Waals surface area contributed by atoms with Crippen LogP contribution in [-0.2, 0) is 11.3 Å². The Balaban J connectivity index is 2.14. The quantitative estimate of drug-likeness (QED) is 0.865. The molecule has 4 nitrogen and oxygen atoms in total. The van der Waals surface area contributed by atoms with Gasteiger partial charge in [0.2, 0.25) is 0 Å². The van der Waals surface area contributed by atoms with Gasteiger partial charge < -0.3 is 14.8 Å². The molecule has 1 fully saturated rings. The number of methoxy groups -OCH3 is 1. The molecular formula is C16H26N2O2. The molecule has 1 N–H and O–H groups in total. The van der Waals surface area contributed by atoms with E-state index in [4.69, 9.17) is 9.47 Å². The molecule has 1 aromatic carbocycles. The van der Waals surface area contributed by atoms with Crippen molar-refractivity contribution in [3.8, 4) is 5.75 Å². The van der Waals surface area contributed by atoms with Gasteiger partial charge in [-0.25, -0.2) is 0 Å². The Hall–Kier alpha value is -1.10. The van der Waals surface area contributed by atoms with Crippen LogP contribution < -0.4 is 10.1 Å². The summed E-state index contributed by atoms with van der Waals surface area (Å²) < 4.78 is 11.0. The molecule has 0 aliphatic carbocycles. The van der Waals surface area contributed by atoms with Gasteiger partial charge in [-0.3, -0.25) is 4.90 Å². The zero-order chi connectivity index (χ0) is 14.5. The highest BCUT2D eigenvalue weighted by Gasteiger charge is 2.21. The fourth-order valence-electron chi connectivity index (χ4n) is 2.63. The van der Waals surface area contributed by atoms with Gasteiger partial charge >= 0.3 is 0 Å². The zero-order valence-corrected chi connectivity index (χ0v) is 13.0. The molecule has 2 atom stereocenters. The summed E-state index contributed by atoms with van der Waals surface area (Å²) in [5.74, 6) is 0.961. The number of nitrogens with one attached hydrogen (secondary N) is 1. The first-order valence-corrected chi connectivity index (χ1v) is 7.27.